The lowest BCUT2D eigenvalue weighted by Crippen LogP contribution is -2.45. The lowest BCUT2D eigenvalue weighted by atomic mass is 10.2. The first-order valence-electron chi connectivity index (χ1n) is 9.64. The fourth-order valence-electron chi connectivity index (χ4n) is 3.27. The van der Waals surface area contributed by atoms with Crippen LogP contribution in [0.2, 0.25) is 0 Å². The summed E-state index contributed by atoms with van der Waals surface area (Å²) in [6, 6.07) is 13.0. The predicted octanol–water partition coefficient (Wildman–Crippen LogP) is 2.54. The number of rotatable bonds is 8. The van der Waals surface area contributed by atoms with Crippen LogP contribution >= 0.6 is 0 Å². The maximum absolute atomic E-state index is 12.3. The zero-order valence-electron chi connectivity index (χ0n) is 16.4. The van der Waals surface area contributed by atoms with Crippen molar-refractivity contribution in [2.45, 2.75) is 25.5 Å². The van der Waals surface area contributed by atoms with Gasteiger partial charge in [0, 0.05) is 43.7 Å². The molecular formula is C21H28N4O3. The van der Waals surface area contributed by atoms with E-state index in [4.69, 9.17) is 9.47 Å². The Morgan fingerprint density at radius 2 is 2.04 bits per heavy atom. The normalized spacial score (nSPS) is 19.4. The molecule has 1 aromatic heterocycles. The largest absolute Gasteiger partial charge is 0.493 e. The van der Waals surface area contributed by atoms with E-state index in [0.717, 1.165) is 31.0 Å². The lowest BCUT2D eigenvalue weighted by Gasteiger charge is -2.20. The van der Waals surface area contributed by atoms with Gasteiger partial charge in [-0.25, -0.2) is 4.79 Å². The molecule has 150 valence electrons. The van der Waals surface area contributed by atoms with E-state index >= 15 is 0 Å². The minimum Gasteiger partial charge on any atom is -0.493 e. The number of urea groups is 1. The van der Waals surface area contributed by atoms with E-state index < -0.39 is 0 Å². The molecule has 2 N–H and O–H groups in total. The van der Waals surface area contributed by atoms with Crippen molar-refractivity contribution in [1.82, 2.24) is 15.2 Å². The van der Waals surface area contributed by atoms with Gasteiger partial charge in [-0.3, -0.25) is 4.98 Å². The van der Waals surface area contributed by atoms with Crippen LogP contribution < -0.4 is 15.4 Å². The molecule has 1 fully saturated rings. The third-order valence-electron chi connectivity index (χ3n) is 4.61. The first kappa shape index (κ1) is 20.1. The molecule has 1 saturated heterocycles. The summed E-state index contributed by atoms with van der Waals surface area (Å²) in [4.78, 5) is 18.7. The minimum atomic E-state index is -0.228. The van der Waals surface area contributed by atoms with Gasteiger partial charge >= 0.3 is 6.03 Å². The molecule has 28 heavy (non-hydrogen) atoms. The van der Waals surface area contributed by atoms with E-state index in [1.807, 2.05) is 56.4 Å². The van der Waals surface area contributed by atoms with Crippen LogP contribution in [0, 0.1) is 0 Å². The zero-order valence-corrected chi connectivity index (χ0v) is 16.4. The van der Waals surface area contributed by atoms with Crippen molar-refractivity contribution in [3.63, 3.8) is 0 Å². The van der Waals surface area contributed by atoms with Gasteiger partial charge in [0.15, 0.2) is 0 Å². The van der Waals surface area contributed by atoms with E-state index in [0.29, 0.717) is 18.9 Å². The average Bonchev–Trinajstić information content (AvgIpc) is 3.03. The summed E-state index contributed by atoms with van der Waals surface area (Å²) in [5, 5.41) is 5.87. The third-order valence-corrected chi connectivity index (χ3v) is 4.61. The van der Waals surface area contributed by atoms with E-state index in [1.54, 1.807) is 6.20 Å². The molecule has 0 spiro atoms. The number of nitrogens with zero attached hydrogens (tertiary/aromatic N) is 2. The third kappa shape index (κ3) is 5.94. The number of benzene rings is 1. The van der Waals surface area contributed by atoms with Crippen molar-refractivity contribution in [1.29, 1.82) is 0 Å². The Morgan fingerprint density at radius 3 is 2.75 bits per heavy atom. The number of likely N-dealkylation sites (tertiary alicyclic amines) is 1. The quantitative estimate of drug-likeness (QED) is 0.732. The highest BCUT2D eigenvalue weighted by molar-refractivity contribution is 5.89. The highest BCUT2D eigenvalue weighted by atomic mass is 16.5. The number of pyridine rings is 1. The number of carbonyl (C=O) groups is 1. The summed E-state index contributed by atoms with van der Waals surface area (Å²) in [7, 11) is 2.03. The molecule has 1 aliphatic rings. The highest BCUT2D eigenvalue weighted by Gasteiger charge is 2.32. The standard InChI is InChI=1S/C21H28N4O3/c1-3-27-20-15-25(2)14-19(20)24-21(26)23-17-7-9-18(10-8-17)28-13-11-16-6-4-5-12-22-16/h4-10,12,19-20H,3,11,13-15H2,1-2H3,(H2,23,24,26)/t19-,20-/m0/s1. The summed E-state index contributed by atoms with van der Waals surface area (Å²) in [5.74, 6) is 0.760. The van der Waals surface area contributed by atoms with Crippen molar-refractivity contribution < 1.29 is 14.3 Å². The van der Waals surface area contributed by atoms with Gasteiger partial charge in [0.1, 0.15) is 5.75 Å². The van der Waals surface area contributed by atoms with E-state index in [2.05, 4.69) is 20.5 Å². The summed E-state index contributed by atoms with van der Waals surface area (Å²) in [6.07, 6.45) is 2.55. The fourth-order valence-corrected chi connectivity index (χ4v) is 3.27. The summed E-state index contributed by atoms with van der Waals surface area (Å²) in [6.45, 7) is 4.76. The van der Waals surface area contributed by atoms with Crippen LogP contribution in [-0.4, -0.2) is 61.4 Å². The Labute approximate surface area is 166 Å². The number of likely N-dealkylation sites (N-methyl/N-ethyl adjacent to an activating group) is 1. The summed E-state index contributed by atoms with van der Waals surface area (Å²) >= 11 is 0. The van der Waals surface area contributed by atoms with Gasteiger partial charge in [-0.2, -0.15) is 0 Å². The molecule has 0 aliphatic carbocycles. The Hall–Kier alpha value is -2.64. The van der Waals surface area contributed by atoms with Gasteiger partial charge in [-0.1, -0.05) is 6.07 Å². The molecule has 0 bridgehead atoms. The molecule has 7 nitrogen and oxygen atoms in total. The molecule has 1 aromatic carbocycles. The van der Waals surface area contributed by atoms with E-state index in [1.165, 1.54) is 0 Å². The predicted molar refractivity (Wildman–Crippen MR) is 109 cm³/mol. The van der Waals surface area contributed by atoms with Crippen LogP contribution in [0.25, 0.3) is 0 Å². The van der Waals surface area contributed by atoms with Gasteiger partial charge in [-0.15, -0.1) is 0 Å². The van der Waals surface area contributed by atoms with Gasteiger partial charge in [0.2, 0.25) is 0 Å². The van der Waals surface area contributed by atoms with Crippen LogP contribution in [0.1, 0.15) is 12.6 Å². The topological polar surface area (TPSA) is 75.7 Å². The molecule has 2 aromatic rings. The summed E-state index contributed by atoms with van der Waals surface area (Å²) in [5.41, 5.74) is 1.72. The number of anilines is 1. The molecule has 3 rings (SSSR count). The second-order valence-corrected chi connectivity index (χ2v) is 6.86. The molecule has 2 amide bonds. The molecule has 2 atom stereocenters. The van der Waals surface area contributed by atoms with E-state index in [9.17, 15) is 4.79 Å². The second kappa shape index (κ2) is 10.1. The number of nitrogens with one attached hydrogen (secondary N) is 2. The number of carbonyl (C=O) groups excluding carboxylic acids is 1. The van der Waals surface area contributed by atoms with Gasteiger partial charge in [0.05, 0.1) is 18.8 Å². The van der Waals surface area contributed by atoms with Gasteiger partial charge in [0.25, 0.3) is 0 Å². The van der Waals surface area contributed by atoms with Crippen molar-refractivity contribution in [3.8, 4) is 5.75 Å². The first-order valence-corrected chi connectivity index (χ1v) is 9.64. The van der Waals surface area contributed by atoms with Gasteiger partial charge < -0.3 is 25.0 Å². The molecule has 7 heteroatoms. The number of hydrogen-bond donors (Lipinski definition) is 2. The molecule has 0 unspecified atom stereocenters. The van der Waals surface area contributed by atoms with E-state index in [-0.39, 0.29) is 18.2 Å². The van der Waals surface area contributed by atoms with Crippen molar-refractivity contribution >= 4 is 11.7 Å². The van der Waals surface area contributed by atoms with Crippen LogP contribution in [0.15, 0.2) is 48.7 Å². The highest BCUT2D eigenvalue weighted by Crippen LogP contribution is 2.17. The molecule has 0 radical (unpaired) electrons. The summed E-state index contributed by atoms with van der Waals surface area (Å²) < 4.78 is 11.5. The molecular weight excluding hydrogens is 356 g/mol. The van der Waals surface area contributed by atoms with Crippen LogP contribution in [0.5, 0.6) is 5.75 Å². The van der Waals surface area contributed by atoms with Crippen molar-refractivity contribution in [3.05, 3.63) is 54.4 Å². The van der Waals surface area contributed by atoms with Gasteiger partial charge in [-0.05, 0) is 50.4 Å². The number of aromatic nitrogens is 1. The zero-order chi connectivity index (χ0) is 19.8. The molecule has 2 heterocycles. The number of hydrogen-bond acceptors (Lipinski definition) is 5. The molecule has 0 saturated carbocycles. The Bertz CT molecular complexity index is 739. The van der Waals surface area contributed by atoms with Crippen molar-refractivity contribution in [2.24, 2.45) is 0 Å². The number of amides is 2. The van der Waals surface area contributed by atoms with Crippen LogP contribution in [-0.2, 0) is 11.2 Å². The maximum Gasteiger partial charge on any atom is 0.319 e. The minimum absolute atomic E-state index is 0.0147. The first-order chi connectivity index (χ1) is 13.6. The SMILES string of the molecule is CCO[C@H]1CN(C)C[C@@H]1NC(=O)Nc1ccc(OCCc2ccccn2)cc1. The molecule has 1 aliphatic heterocycles. The Kier molecular flexibility index (Phi) is 7.22. The van der Waals surface area contributed by atoms with Crippen LogP contribution in [0.4, 0.5) is 10.5 Å². The average molecular weight is 384 g/mol. The van der Waals surface area contributed by atoms with Crippen LogP contribution in [0.3, 0.4) is 0 Å². The Balaban J connectivity index is 1.44. The fraction of sp³-hybridized carbons (Fsp3) is 0.429. The second-order valence-electron chi connectivity index (χ2n) is 6.86. The maximum atomic E-state index is 12.3. The smallest absolute Gasteiger partial charge is 0.319 e. The Morgan fingerprint density at radius 1 is 1.21 bits per heavy atom. The van der Waals surface area contributed by atoms with Crippen molar-refractivity contribution in [2.75, 3.05) is 38.7 Å². The monoisotopic (exact) mass is 384 g/mol. The lowest BCUT2D eigenvalue weighted by molar-refractivity contribution is 0.0568. The number of ether oxygens (including phenoxy) is 2.